The van der Waals surface area contributed by atoms with E-state index in [1.165, 1.54) is 0 Å². The summed E-state index contributed by atoms with van der Waals surface area (Å²) in [7, 11) is 0. The number of benzene rings is 3. The first-order chi connectivity index (χ1) is 30.5. The molecule has 1 aromatic heterocycles. The minimum atomic E-state index is -0.733. The Balaban J connectivity index is 0.860. The molecule has 0 radical (unpaired) electrons. The predicted molar refractivity (Wildman–Crippen MR) is 248 cm³/mol. The molecule has 0 spiro atoms. The Hall–Kier alpha value is -6.48. The topological polar surface area (TPSA) is 201 Å². The zero-order valence-corrected chi connectivity index (χ0v) is 37.2. The fourth-order valence-electron chi connectivity index (χ4n) is 8.59. The highest BCUT2D eigenvalue weighted by molar-refractivity contribution is 6.39. The third-order valence-electron chi connectivity index (χ3n) is 12.8. The van der Waals surface area contributed by atoms with Crippen LogP contribution in [0.4, 0.5) is 21.6 Å². The molecule has 1 atom stereocenters. The minimum absolute atomic E-state index is 0.152. The molecule has 4 aromatic rings. The summed E-state index contributed by atoms with van der Waals surface area (Å²) in [6.07, 6.45) is 5.54. The molecule has 7 rings (SSSR count). The number of anilines is 3. The summed E-state index contributed by atoms with van der Waals surface area (Å²) in [4.78, 5) is 60.1. The zero-order chi connectivity index (χ0) is 45.7. The average molecular weight is 871 g/mol. The number of pyridine rings is 1. The summed E-state index contributed by atoms with van der Waals surface area (Å²) in [6.45, 7) is 13.8. The number of nitrogens with two attached hydrogens (primary N) is 1. The Morgan fingerprint density at radius 2 is 1.56 bits per heavy atom. The molecule has 64 heavy (non-hydrogen) atoms. The lowest BCUT2D eigenvalue weighted by atomic mass is 9.89. The van der Waals surface area contributed by atoms with Crippen LogP contribution < -0.4 is 31.5 Å². The number of hydrogen-bond acceptors (Lipinski definition) is 11. The number of amides is 4. The molecule has 7 N–H and O–H groups in total. The number of piperazine rings is 1. The van der Waals surface area contributed by atoms with Crippen LogP contribution in [0.3, 0.4) is 0 Å². The molecule has 3 aromatic carbocycles. The maximum absolute atomic E-state index is 15.2. The Morgan fingerprint density at radius 1 is 0.875 bits per heavy atom. The van der Waals surface area contributed by atoms with Crippen molar-refractivity contribution in [2.24, 2.45) is 11.3 Å². The van der Waals surface area contributed by atoms with E-state index in [9.17, 15) is 19.2 Å². The third kappa shape index (κ3) is 10.8. The third-order valence-corrected chi connectivity index (χ3v) is 12.8. The molecule has 3 fully saturated rings. The minimum Gasteiger partial charge on any atom is -0.383 e. The fraction of sp³-hybridized carbons (Fsp3) is 0.408. The molecular formula is C49H59FN10O4. The second-order valence-electron chi connectivity index (χ2n) is 18.2. The molecule has 3 aliphatic rings. The number of piperidine rings is 2. The molecule has 1 unspecified atom stereocenters. The van der Waals surface area contributed by atoms with Gasteiger partial charge in [0.25, 0.3) is 5.91 Å². The van der Waals surface area contributed by atoms with E-state index < -0.39 is 34.9 Å². The van der Waals surface area contributed by atoms with Gasteiger partial charge >= 0.3 is 0 Å². The largest absolute Gasteiger partial charge is 0.383 e. The van der Waals surface area contributed by atoms with Crippen molar-refractivity contribution in [3.63, 3.8) is 0 Å². The summed E-state index contributed by atoms with van der Waals surface area (Å²) in [5.41, 5.74) is 12.8. The molecule has 0 saturated carbocycles. The first-order valence-electron chi connectivity index (χ1n) is 22.1. The quantitative estimate of drug-likeness (QED) is 0.0604. The summed E-state index contributed by atoms with van der Waals surface area (Å²) in [5.74, 6) is -2.47. The van der Waals surface area contributed by atoms with Crippen molar-refractivity contribution < 1.29 is 23.6 Å². The van der Waals surface area contributed by atoms with Gasteiger partial charge in [-0.2, -0.15) is 0 Å². The standard InChI is InChI=1S/C49H59FN10O4/c1-30-25-33(5-6-34(30)28-55-47(63)45(53)57-48(64)49(2,3)4)43(51)40-26-35(29-54-44(40)52)32-7-9-36(10-8-32)60-23-21-58(22-24-60)18-15-31-16-19-59(20-17-31)37-11-12-38(41(50)27-37)39-13-14-42(61)56-46(39)62/h5-12,25-27,29,31,39,51H,13-24,28H2,1-4H3,(H2,52,54)(H,55,63)(H2,53,57,64)(H,56,61,62). The lowest BCUT2D eigenvalue weighted by Crippen LogP contribution is -2.47. The van der Waals surface area contributed by atoms with E-state index in [2.05, 4.69) is 59.9 Å². The Morgan fingerprint density at radius 3 is 2.22 bits per heavy atom. The number of nitrogens with one attached hydrogen (secondary N) is 5. The van der Waals surface area contributed by atoms with Crippen LogP contribution in [0.5, 0.6) is 0 Å². The van der Waals surface area contributed by atoms with Crippen molar-refractivity contribution in [1.82, 2.24) is 25.8 Å². The van der Waals surface area contributed by atoms with Gasteiger partial charge in [-0.15, -0.1) is 0 Å². The SMILES string of the molecule is Cc1cc(C(=N)c2cc(-c3ccc(N4CCN(CCC5CCN(c6ccc(C7CCC(=O)NC7=O)c(F)c6)CC5)CC4)cc3)cnc2N)ccc1CNC(=O)C(=N)NC(=O)C(C)(C)C. The predicted octanol–water partition coefficient (Wildman–Crippen LogP) is 5.90. The number of nitrogens with zero attached hydrogens (tertiary/aromatic N) is 4. The molecule has 3 saturated heterocycles. The molecule has 14 nitrogen and oxygen atoms in total. The zero-order valence-electron chi connectivity index (χ0n) is 37.2. The van der Waals surface area contributed by atoms with E-state index in [1.54, 1.807) is 45.2 Å². The molecular weight excluding hydrogens is 812 g/mol. The number of imide groups is 1. The van der Waals surface area contributed by atoms with Crippen molar-refractivity contribution >= 4 is 52.4 Å². The summed E-state index contributed by atoms with van der Waals surface area (Å²) < 4.78 is 15.2. The second kappa shape index (κ2) is 19.5. The molecule has 0 aliphatic carbocycles. The van der Waals surface area contributed by atoms with E-state index in [0.29, 0.717) is 29.0 Å². The Kier molecular flexibility index (Phi) is 13.9. The van der Waals surface area contributed by atoms with Gasteiger partial charge in [0.1, 0.15) is 11.6 Å². The normalized spacial score (nSPS) is 17.5. The van der Waals surface area contributed by atoms with Crippen LogP contribution in [0.2, 0.25) is 0 Å². The van der Waals surface area contributed by atoms with Crippen LogP contribution in [0, 0.1) is 34.9 Å². The number of halogens is 1. The number of hydrogen-bond donors (Lipinski definition) is 6. The van der Waals surface area contributed by atoms with Gasteiger partial charge in [0.15, 0.2) is 5.84 Å². The Labute approximate surface area is 374 Å². The van der Waals surface area contributed by atoms with Crippen molar-refractivity contribution in [2.45, 2.75) is 72.3 Å². The average Bonchev–Trinajstić information content (AvgIpc) is 3.28. The van der Waals surface area contributed by atoms with Gasteiger partial charge in [-0.25, -0.2) is 9.37 Å². The van der Waals surface area contributed by atoms with E-state index in [4.69, 9.17) is 16.6 Å². The number of amidine groups is 1. The number of carbonyl (C=O) groups is 4. The maximum atomic E-state index is 15.2. The van der Waals surface area contributed by atoms with Crippen molar-refractivity contribution in [2.75, 3.05) is 61.3 Å². The molecule has 0 bridgehead atoms. The molecule has 4 amide bonds. The Bertz CT molecular complexity index is 2430. The van der Waals surface area contributed by atoms with Crippen molar-refractivity contribution in [1.29, 1.82) is 10.8 Å². The van der Waals surface area contributed by atoms with Gasteiger partial charge in [-0.1, -0.05) is 51.1 Å². The number of rotatable bonds is 11. The smallest absolute Gasteiger partial charge is 0.286 e. The lowest BCUT2D eigenvalue weighted by Gasteiger charge is -2.38. The number of carbonyl (C=O) groups excluding carboxylic acids is 4. The van der Waals surface area contributed by atoms with Gasteiger partial charge in [0, 0.05) is 97.5 Å². The van der Waals surface area contributed by atoms with E-state index >= 15 is 4.39 Å². The fourth-order valence-corrected chi connectivity index (χ4v) is 8.59. The summed E-state index contributed by atoms with van der Waals surface area (Å²) in [6, 6.07) is 21.0. The first kappa shape index (κ1) is 45.5. The van der Waals surface area contributed by atoms with Crippen LogP contribution in [-0.4, -0.2) is 90.9 Å². The molecule has 15 heteroatoms. The first-order valence-corrected chi connectivity index (χ1v) is 22.1. The van der Waals surface area contributed by atoms with E-state index in [1.807, 2.05) is 31.2 Å². The number of nitrogen functional groups attached to an aromatic ring is 1. The lowest BCUT2D eigenvalue weighted by molar-refractivity contribution is -0.134. The van der Waals surface area contributed by atoms with E-state index in [0.717, 1.165) is 98.7 Å². The summed E-state index contributed by atoms with van der Waals surface area (Å²) >= 11 is 0. The number of aryl methyl sites for hydroxylation is 1. The maximum Gasteiger partial charge on any atom is 0.286 e. The molecule has 3 aliphatic heterocycles. The van der Waals surface area contributed by atoms with Crippen LogP contribution in [0.25, 0.3) is 11.1 Å². The van der Waals surface area contributed by atoms with Gasteiger partial charge in [0.2, 0.25) is 17.7 Å². The highest BCUT2D eigenvalue weighted by Crippen LogP contribution is 2.32. The van der Waals surface area contributed by atoms with Crippen LogP contribution in [-0.2, 0) is 25.7 Å². The van der Waals surface area contributed by atoms with Gasteiger partial charge in [-0.3, -0.25) is 40.2 Å². The monoisotopic (exact) mass is 870 g/mol. The van der Waals surface area contributed by atoms with Gasteiger partial charge in [0.05, 0.1) is 11.6 Å². The van der Waals surface area contributed by atoms with Crippen molar-refractivity contribution in [3.8, 4) is 11.1 Å². The number of aromatic nitrogens is 1. The summed E-state index contributed by atoms with van der Waals surface area (Å²) in [5, 5.41) is 24.3. The van der Waals surface area contributed by atoms with Gasteiger partial charge < -0.3 is 26.2 Å². The highest BCUT2D eigenvalue weighted by atomic mass is 19.1. The van der Waals surface area contributed by atoms with Crippen LogP contribution in [0.1, 0.15) is 86.6 Å². The molecule has 336 valence electrons. The van der Waals surface area contributed by atoms with Gasteiger partial charge in [-0.05, 0) is 98.2 Å². The van der Waals surface area contributed by atoms with Crippen LogP contribution in [0.15, 0.2) is 72.9 Å². The van der Waals surface area contributed by atoms with Crippen molar-refractivity contribution in [3.05, 3.63) is 107 Å². The molecule has 4 heterocycles. The van der Waals surface area contributed by atoms with E-state index in [-0.39, 0.29) is 36.2 Å². The van der Waals surface area contributed by atoms with Crippen LogP contribution >= 0.6 is 0 Å². The second-order valence-corrected chi connectivity index (χ2v) is 18.2. The highest BCUT2D eigenvalue weighted by Gasteiger charge is 2.31.